The van der Waals surface area contributed by atoms with E-state index in [4.69, 9.17) is 4.74 Å². The smallest absolute Gasteiger partial charge is 0.238 e. The molecular weight excluding hydrogens is 220 g/mol. The number of amides is 1. The van der Waals surface area contributed by atoms with E-state index >= 15 is 0 Å². The van der Waals surface area contributed by atoms with Gasteiger partial charge >= 0.3 is 0 Å². The van der Waals surface area contributed by atoms with Gasteiger partial charge in [0.15, 0.2) is 0 Å². The summed E-state index contributed by atoms with van der Waals surface area (Å²) >= 11 is 0. The number of phenols is 1. The minimum absolute atomic E-state index is 0.0329. The Balaban J connectivity index is 1.93. The summed E-state index contributed by atoms with van der Waals surface area (Å²) in [6.45, 7) is 0.265. The van der Waals surface area contributed by atoms with Crippen molar-refractivity contribution in [1.82, 2.24) is 5.32 Å². The van der Waals surface area contributed by atoms with Crippen LogP contribution in [0.15, 0.2) is 18.2 Å². The van der Waals surface area contributed by atoms with Gasteiger partial charge in [-0.2, -0.15) is 0 Å². The monoisotopic (exact) mass is 236 g/mol. The van der Waals surface area contributed by atoms with Crippen LogP contribution >= 0.6 is 0 Å². The molecule has 1 aliphatic rings. The predicted molar refractivity (Wildman–Crippen MR) is 64.3 cm³/mol. The van der Waals surface area contributed by atoms with Crippen molar-refractivity contribution < 1.29 is 14.6 Å². The fourth-order valence-corrected chi connectivity index (χ4v) is 1.46. The van der Waals surface area contributed by atoms with Gasteiger partial charge in [0.2, 0.25) is 5.91 Å². The third-order valence-corrected chi connectivity index (χ3v) is 2.61. The van der Waals surface area contributed by atoms with Crippen LogP contribution in [0.2, 0.25) is 0 Å². The van der Waals surface area contributed by atoms with Crippen molar-refractivity contribution in [3.8, 4) is 11.5 Å². The van der Waals surface area contributed by atoms with E-state index in [0.717, 1.165) is 12.8 Å². The summed E-state index contributed by atoms with van der Waals surface area (Å²) in [4.78, 5) is 11.6. The van der Waals surface area contributed by atoms with Crippen molar-refractivity contribution in [3.05, 3.63) is 18.2 Å². The summed E-state index contributed by atoms with van der Waals surface area (Å²) in [5.41, 5.74) is 0.368. The van der Waals surface area contributed by atoms with Crippen molar-refractivity contribution in [2.24, 2.45) is 0 Å². The van der Waals surface area contributed by atoms with Crippen LogP contribution in [-0.2, 0) is 4.79 Å². The first-order valence-electron chi connectivity index (χ1n) is 5.59. The predicted octanol–water partition coefficient (Wildman–Crippen LogP) is 1.09. The minimum Gasteiger partial charge on any atom is -0.506 e. The van der Waals surface area contributed by atoms with Gasteiger partial charge in [0.25, 0.3) is 0 Å². The molecule has 1 aromatic rings. The van der Waals surface area contributed by atoms with Crippen molar-refractivity contribution in [2.75, 3.05) is 19.0 Å². The normalized spacial score (nSPS) is 14.4. The van der Waals surface area contributed by atoms with E-state index in [2.05, 4.69) is 10.6 Å². The second-order valence-electron chi connectivity index (χ2n) is 4.09. The Morgan fingerprint density at radius 1 is 1.53 bits per heavy atom. The summed E-state index contributed by atoms with van der Waals surface area (Å²) in [6.07, 6.45) is 2.27. The number of phenolic OH excluding ortho intramolecular Hbond substituents is 1. The quantitative estimate of drug-likeness (QED) is 0.669. The molecule has 0 saturated heterocycles. The first-order chi connectivity index (χ1) is 8.19. The standard InChI is InChI=1S/C12H16N2O3/c1-17-9-4-5-11(15)10(6-9)14-12(16)7-13-8-2-3-8/h4-6,8,13,15H,2-3,7H2,1H3,(H,14,16). The highest BCUT2D eigenvalue weighted by Crippen LogP contribution is 2.27. The molecule has 0 atom stereocenters. The van der Waals surface area contributed by atoms with Crippen LogP contribution in [0.25, 0.3) is 0 Å². The Kier molecular flexibility index (Phi) is 3.49. The lowest BCUT2D eigenvalue weighted by molar-refractivity contribution is -0.115. The van der Waals surface area contributed by atoms with Crippen molar-refractivity contribution >= 4 is 11.6 Å². The average molecular weight is 236 g/mol. The zero-order valence-corrected chi connectivity index (χ0v) is 9.69. The maximum Gasteiger partial charge on any atom is 0.238 e. The Bertz CT molecular complexity index is 416. The molecule has 17 heavy (non-hydrogen) atoms. The van der Waals surface area contributed by atoms with Crippen molar-refractivity contribution in [2.45, 2.75) is 18.9 Å². The molecule has 2 rings (SSSR count). The van der Waals surface area contributed by atoms with E-state index in [1.54, 1.807) is 12.1 Å². The molecule has 92 valence electrons. The lowest BCUT2D eigenvalue weighted by Crippen LogP contribution is -2.29. The van der Waals surface area contributed by atoms with Crippen LogP contribution in [0.3, 0.4) is 0 Å². The zero-order valence-electron chi connectivity index (χ0n) is 9.69. The number of benzene rings is 1. The molecule has 0 radical (unpaired) electrons. The summed E-state index contributed by atoms with van der Waals surface area (Å²) in [5, 5.41) is 15.3. The number of hydrogen-bond donors (Lipinski definition) is 3. The highest BCUT2D eigenvalue weighted by atomic mass is 16.5. The second-order valence-corrected chi connectivity index (χ2v) is 4.09. The molecule has 0 aromatic heterocycles. The van der Waals surface area contributed by atoms with E-state index in [0.29, 0.717) is 17.5 Å². The van der Waals surface area contributed by atoms with Gasteiger partial charge in [0, 0.05) is 12.1 Å². The van der Waals surface area contributed by atoms with Crippen LogP contribution in [0.4, 0.5) is 5.69 Å². The van der Waals surface area contributed by atoms with Crippen LogP contribution in [0, 0.1) is 0 Å². The van der Waals surface area contributed by atoms with Crippen molar-refractivity contribution in [3.63, 3.8) is 0 Å². The highest BCUT2D eigenvalue weighted by molar-refractivity contribution is 5.93. The van der Waals surface area contributed by atoms with Gasteiger partial charge in [0.05, 0.1) is 19.3 Å². The molecule has 5 nitrogen and oxygen atoms in total. The Hall–Kier alpha value is -1.75. The molecule has 0 spiro atoms. The largest absolute Gasteiger partial charge is 0.506 e. The molecule has 0 heterocycles. The molecule has 0 unspecified atom stereocenters. The summed E-state index contributed by atoms with van der Waals surface area (Å²) in [7, 11) is 1.53. The van der Waals surface area contributed by atoms with E-state index in [1.807, 2.05) is 0 Å². The molecule has 1 aliphatic carbocycles. The molecule has 1 fully saturated rings. The highest BCUT2D eigenvalue weighted by Gasteiger charge is 2.21. The van der Waals surface area contributed by atoms with Gasteiger partial charge in [-0.05, 0) is 25.0 Å². The van der Waals surface area contributed by atoms with Crippen LogP contribution in [-0.4, -0.2) is 30.7 Å². The lowest BCUT2D eigenvalue weighted by atomic mass is 10.2. The van der Waals surface area contributed by atoms with Gasteiger partial charge in [-0.3, -0.25) is 4.79 Å². The Labute approximate surface area is 99.8 Å². The Morgan fingerprint density at radius 3 is 2.94 bits per heavy atom. The second kappa shape index (κ2) is 5.05. The maximum absolute atomic E-state index is 11.6. The van der Waals surface area contributed by atoms with Gasteiger partial charge < -0.3 is 20.5 Å². The molecule has 1 aromatic carbocycles. The SMILES string of the molecule is COc1ccc(O)c(NC(=O)CNC2CC2)c1. The lowest BCUT2D eigenvalue weighted by Gasteiger charge is -2.09. The van der Waals surface area contributed by atoms with Gasteiger partial charge in [0.1, 0.15) is 11.5 Å². The number of ether oxygens (including phenoxy) is 1. The molecule has 5 heteroatoms. The molecule has 3 N–H and O–H groups in total. The van der Waals surface area contributed by atoms with E-state index < -0.39 is 0 Å². The van der Waals surface area contributed by atoms with E-state index in [1.165, 1.54) is 13.2 Å². The number of rotatable bonds is 5. The third kappa shape index (κ3) is 3.35. The van der Waals surface area contributed by atoms with E-state index in [9.17, 15) is 9.90 Å². The topological polar surface area (TPSA) is 70.6 Å². The van der Waals surface area contributed by atoms with Gasteiger partial charge in [-0.15, -0.1) is 0 Å². The molecule has 1 amide bonds. The number of nitrogens with one attached hydrogen (secondary N) is 2. The summed E-state index contributed by atoms with van der Waals surface area (Å²) in [5.74, 6) is 0.458. The number of hydrogen-bond acceptors (Lipinski definition) is 4. The molecule has 1 saturated carbocycles. The van der Waals surface area contributed by atoms with E-state index in [-0.39, 0.29) is 18.2 Å². The first-order valence-corrected chi connectivity index (χ1v) is 5.59. The van der Waals surface area contributed by atoms with Crippen LogP contribution in [0.1, 0.15) is 12.8 Å². The zero-order chi connectivity index (χ0) is 12.3. The summed E-state index contributed by atoms with van der Waals surface area (Å²) < 4.78 is 5.02. The van der Waals surface area contributed by atoms with Crippen LogP contribution < -0.4 is 15.4 Å². The number of anilines is 1. The molecule has 0 bridgehead atoms. The number of carbonyl (C=O) groups excluding carboxylic acids is 1. The first kappa shape index (κ1) is 11.7. The fraction of sp³-hybridized carbons (Fsp3) is 0.417. The number of methoxy groups -OCH3 is 1. The number of aromatic hydroxyl groups is 1. The maximum atomic E-state index is 11.6. The van der Waals surface area contributed by atoms with Gasteiger partial charge in [-0.1, -0.05) is 0 Å². The molecular formula is C12H16N2O3. The fourth-order valence-electron chi connectivity index (χ4n) is 1.46. The van der Waals surface area contributed by atoms with Crippen molar-refractivity contribution in [1.29, 1.82) is 0 Å². The van der Waals surface area contributed by atoms with Crippen LogP contribution in [0.5, 0.6) is 11.5 Å². The number of carbonyl (C=O) groups is 1. The molecule has 0 aliphatic heterocycles. The van der Waals surface area contributed by atoms with Gasteiger partial charge in [-0.25, -0.2) is 0 Å². The minimum atomic E-state index is -0.166. The third-order valence-electron chi connectivity index (χ3n) is 2.61. The average Bonchev–Trinajstić information content (AvgIpc) is 3.13. The summed E-state index contributed by atoms with van der Waals surface area (Å²) in [6, 6.07) is 5.19. The Morgan fingerprint density at radius 2 is 2.29 bits per heavy atom.